The number of nitrogens with zero attached hydrogens (tertiary/aromatic N) is 4. The molecule has 3 rings (SSSR count). The van der Waals surface area contributed by atoms with E-state index in [1.165, 1.54) is 4.90 Å². The van der Waals surface area contributed by atoms with E-state index in [4.69, 9.17) is 11.6 Å². The van der Waals surface area contributed by atoms with Crippen LogP contribution in [0.25, 0.3) is 0 Å². The third-order valence-corrected chi connectivity index (χ3v) is 4.66. The average Bonchev–Trinajstić information content (AvgIpc) is 2.64. The Morgan fingerprint density at radius 2 is 1.96 bits per heavy atom. The molecular weight excluding hydrogens is 380 g/mol. The van der Waals surface area contributed by atoms with Crippen molar-refractivity contribution in [1.29, 1.82) is 0 Å². The molecule has 0 aliphatic carbocycles. The first-order chi connectivity index (χ1) is 13.3. The van der Waals surface area contributed by atoms with Crippen LogP contribution < -0.4 is 20.4 Å². The summed E-state index contributed by atoms with van der Waals surface area (Å²) in [4.78, 5) is 24.2. The third kappa shape index (κ3) is 4.45. The molecule has 8 nitrogen and oxygen atoms in total. The zero-order valence-electron chi connectivity index (χ0n) is 16.2. The molecule has 1 fully saturated rings. The van der Waals surface area contributed by atoms with Crippen molar-refractivity contribution in [2.75, 3.05) is 41.3 Å². The monoisotopic (exact) mass is 404 g/mol. The Labute approximate surface area is 169 Å². The van der Waals surface area contributed by atoms with Gasteiger partial charge in [-0.3, -0.25) is 4.90 Å². The summed E-state index contributed by atoms with van der Waals surface area (Å²) in [6.45, 7) is 8.89. The Hall–Kier alpha value is -2.58. The van der Waals surface area contributed by atoms with Crippen LogP contribution >= 0.6 is 11.6 Å². The molecule has 0 spiro atoms. The predicted octanol–water partition coefficient (Wildman–Crippen LogP) is 3.57. The summed E-state index contributed by atoms with van der Waals surface area (Å²) < 4.78 is 0. The van der Waals surface area contributed by atoms with E-state index in [0.29, 0.717) is 28.2 Å². The molecule has 0 unspecified atom stereocenters. The number of nitrogens with one attached hydrogen (secondary N) is 2. The van der Waals surface area contributed by atoms with Gasteiger partial charge in [-0.2, -0.15) is 4.98 Å². The molecule has 9 heteroatoms. The SMILES string of the molecule is CC(C)(C)N(C(=O)O)c1ccccc1Nc1ncc(Cl)c(N2CCNCC2)n1. The summed E-state index contributed by atoms with van der Waals surface area (Å²) in [5, 5.41) is 16.7. The molecule has 0 saturated carbocycles. The van der Waals surface area contributed by atoms with Crippen LogP contribution in [0, 0.1) is 0 Å². The van der Waals surface area contributed by atoms with E-state index in [-0.39, 0.29) is 0 Å². The zero-order valence-corrected chi connectivity index (χ0v) is 17.0. The Morgan fingerprint density at radius 3 is 2.61 bits per heavy atom. The zero-order chi connectivity index (χ0) is 20.3. The Kier molecular flexibility index (Phi) is 5.90. The maximum Gasteiger partial charge on any atom is 0.412 e. The smallest absolute Gasteiger partial charge is 0.412 e. The molecule has 1 aliphatic heterocycles. The second-order valence-corrected chi connectivity index (χ2v) is 7.94. The standard InChI is InChI=1S/C19H25ClN6O2/c1-19(2,3)26(18(27)28)15-7-5-4-6-14(15)23-17-22-12-13(20)16(24-17)25-10-8-21-9-11-25/h4-7,12,21H,8-11H2,1-3H3,(H,27,28)(H,22,23,24). The van der Waals surface area contributed by atoms with Crippen molar-refractivity contribution in [3.8, 4) is 0 Å². The lowest BCUT2D eigenvalue weighted by Crippen LogP contribution is -2.45. The molecule has 1 saturated heterocycles. The molecule has 1 aromatic carbocycles. The van der Waals surface area contributed by atoms with Gasteiger partial charge in [0.2, 0.25) is 5.95 Å². The molecular formula is C19H25ClN6O2. The maximum absolute atomic E-state index is 11.9. The first kappa shape index (κ1) is 20.2. The van der Waals surface area contributed by atoms with E-state index < -0.39 is 11.6 Å². The molecule has 1 aliphatic rings. The molecule has 1 amide bonds. The van der Waals surface area contributed by atoms with Gasteiger partial charge in [0.05, 0.1) is 17.6 Å². The summed E-state index contributed by atoms with van der Waals surface area (Å²) in [5.41, 5.74) is 0.523. The van der Waals surface area contributed by atoms with Crippen LogP contribution in [0.1, 0.15) is 20.8 Å². The maximum atomic E-state index is 11.9. The first-order valence-corrected chi connectivity index (χ1v) is 9.52. The molecule has 0 radical (unpaired) electrons. The minimum atomic E-state index is -1.03. The summed E-state index contributed by atoms with van der Waals surface area (Å²) in [6, 6.07) is 7.20. The van der Waals surface area contributed by atoms with E-state index in [1.54, 1.807) is 24.4 Å². The third-order valence-electron chi connectivity index (χ3n) is 4.40. The molecule has 0 bridgehead atoms. The Bertz CT molecular complexity index is 849. The second kappa shape index (κ2) is 8.20. The quantitative estimate of drug-likeness (QED) is 0.717. The minimum Gasteiger partial charge on any atom is -0.465 e. The number of piperazine rings is 1. The van der Waals surface area contributed by atoms with Gasteiger partial charge < -0.3 is 20.6 Å². The van der Waals surface area contributed by atoms with Crippen LogP contribution in [0.5, 0.6) is 0 Å². The number of hydrogen-bond donors (Lipinski definition) is 3. The van der Waals surface area contributed by atoms with Crippen LogP contribution in [0.4, 0.5) is 27.9 Å². The first-order valence-electron chi connectivity index (χ1n) is 9.15. The molecule has 28 heavy (non-hydrogen) atoms. The number of rotatable bonds is 4. The molecule has 3 N–H and O–H groups in total. The summed E-state index contributed by atoms with van der Waals surface area (Å²) in [7, 11) is 0. The number of hydrogen-bond acceptors (Lipinski definition) is 6. The fourth-order valence-electron chi connectivity index (χ4n) is 3.16. The van der Waals surface area contributed by atoms with Crippen molar-refractivity contribution in [3.63, 3.8) is 0 Å². The van der Waals surface area contributed by atoms with Gasteiger partial charge in [0.25, 0.3) is 0 Å². The fourth-order valence-corrected chi connectivity index (χ4v) is 3.37. The van der Waals surface area contributed by atoms with E-state index in [9.17, 15) is 9.90 Å². The van der Waals surface area contributed by atoms with Gasteiger partial charge in [-0.1, -0.05) is 23.7 Å². The lowest BCUT2D eigenvalue weighted by Gasteiger charge is -2.34. The van der Waals surface area contributed by atoms with Crippen molar-refractivity contribution in [2.45, 2.75) is 26.3 Å². The summed E-state index contributed by atoms with van der Waals surface area (Å²) >= 11 is 6.31. The van der Waals surface area contributed by atoms with Crippen LogP contribution in [0.15, 0.2) is 30.5 Å². The summed E-state index contributed by atoms with van der Waals surface area (Å²) in [6.07, 6.45) is 0.538. The molecule has 0 atom stereocenters. The van der Waals surface area contributed by atoms with Crippen LogP contribution in [0.2, 0.25) is 5.02 Å². The van der Waals surface area contributed by atoms with E-state index in [1.807, 2.05) is 26.8 Å². The fraction of sp³-hybridized carbons (Fsp3) is 0.421. The highest BCUT2D eigenvalue weighted by molar-refractivity contribution is 6.32. The van der Waals surface area contributed by atoms with Gasteiger partial charge in [0.1, 0.15) is 5.02 Å². The number of carboxylic acid groups (broad SMARTS) is 1. The van der Waals surface area contributed by atoms with E-state index in [0.717, 1.165) is 26.2 Å². The highest BCUT2D eigenvalue weighted by atomic mass is 35.5. The number of amides is 1. The van der Waals surface area contributed by atoms with Gasteiger partial charge in [-0.05, 0) is 32.9 Å². The van der Waals surface area contributed by atoms with Gasteiger partial charge >= 0.3 is 6.09 Å². The second-order valence-electron chi connectivity index (χ2n) is 7.53. The number of para-hydroxylation sites is 2. The lowest BCUT2D eigenvalue weighted by molar-refractivity contribution is 0.195. The van der Waals surface area contributed by atoms with Gasteiger partial charge in [0, 0.05) is 31.7 Å². The lowest BCUT2D eigenvalue weighted by atomic mass is 10.0. The molecule has 2 aromatic rings. The van der Waals surface area contributed by atoms with Crippen molar-refractivity contribution >= 4 is 40.8 Å². The predicted molar refractivity (Wildman–Crippen MR) is 112 cm³/mol. The van der Waals surface area contributed by atoms with Crippen molar-refractivity contribution < 1.29 is 9.90 Å². The van der Waals surface area contributed by atoms with Crippen LogP contribution in [0.3, 0.4) is 0 Å². The van der Waals surface area contributed by atoms with Gasteiger partial charge in [-0.25, -0.2) is 9.78 Å². The van der Waals surface area contributed by atoms with Crippen molar-refractivity contribution in [2.24, 2.45) is 0 Å². The largest absolute Gasteiger partial charge is 0.465 e. The van der Waals surface area contributed by atoms with Crippen LogP contribution in [-0.4, -0.2) is 52.9 Å². The summed E-state index contributed by atoms with van der Waals surface area (Å²) in [5.74, 6) is 1.04. The number of benzene rings is 1. The number of carbonyl (C=O) groups is 1. The van der Waals surface area contributed by atoms with Crippen molar-refractivity contribution in [3.05, 3.63) is 35.5 Å². The minimum absolute atomic E-state index is 0.365. The highest BCUT2D eigenvalue weighted by Gasteiger charge is 2.29. The molecule has 150 valence electrons. The molecule has 1 aromatic heterocycles. The topological polar surface area (TPSA) is 93.6 Å². The van der Waals surface area contributed by atoms with E-state index >= 15 is 0 Å². The van der Waals surface area contributed by atoms with Gasteiger partial charge in [-0.15, -0.1) is 0 Å². The Balaban J connectivity index is 1.93. The van der Waals surface area contributed by atoms with Gasteiger partial charge in [0.15, 0.2) is 5.82 Å². The average molecular weight is 405 g/mol. The highest BCUT2D eigenvalue weighted by Crippen LogP contribution is 2.33. The van der Waals surface area contributed by atoms with E-state index in [2.05, 4.69) is 25.5 Å². The van der Waals surface area contributed by atoms with Crippen LogP contribution in [-0.2, 0) is 0 Å². The Morgan fingerprint density at radius 1 is 1.29 bits per heavy atom. The number of aromatic nitrogens is 2. The van der Waals surface area contributed by atoms with Crippen molar-refractivity contribution in [1.82, 2.24) is 15.3 Å². The molecule has 2 heterocycles. The normalized spacial score (nSPS) is 14.6. The number of anilines is 4. The number of halogens is 1.